The zero-order valence-corrected chi connectivity index (χ0v) is 11.0. The second kappa shape index (κ2) is 5.68. The van der Waals surface area contributed by atoms with E-state index in [9.17, 15) is 5.11 Å². The third-order valence-corrected chi connectivity index (χ3v) is 4.75. The molecule has 1 saturated carbocycles. The van der Waals surface area contributed by atoms with Gasteiger partial charge in [0.25, 0.3) is 0 Å². The van der Waals surface area contributed by atoms with Crippen molar-refractivity contribution in [2.75, 3.05) is 6.54 Å². The van der Waals surface area contributed by atoms with Gasteiger partial charge in [-0.05, 0) is 32.6 Å². The molecular formula is C14H27NO2. The molecule has 3 atom stereocenters. The van der Waals surface area contributed by atoms with Gasteiger partial charge in [0, 0.05) is 12.0 Å². The van der Waals surface area contributed by atoms with Gasteiger partial charge in [-0.3, -0.25) is 0 Å². The van der Waals surface area contributed by atoms with Crippen LogP contribution in [0.3, 0.4) is 0 Å². The first kappa shape index (κ1) is 13.3. The number of ether oxygens (including phenoxy) is 1. The summed E-state index contributed by atoms with van der Waals surface area (Å²) in [5.74, 6) is 0. The molecule has 0 aromatic heterocycles. The molecule has 17 heavy (non-hydrogen) atoms. The van der Waals surface area contributed by atoms with Gasteiger partial charge in [-0.25, -0.2) is 0 Å². The molecule has 1 heterocycles. The molecule has 0 aromatic carbocycles. The Morgan fingerprint density at radius 3 is 2.35 bits per heavy atom. The van der Waals surface area contributed by atoms with Crippen molar-refractivity contribution in [1.29, 1.82) is 0 Å². The molecule has 3 heteroatoms. The van der Waals surface area contributed by atoms with Gasteiger partial charge in [-0.15, -0.1) is 0 Å². The van der Waals surface area contributed by atoms with Gasteiger partial charge in [0.1, 0.15) is 0 Å². The number of nitrogens with two attached hydrogens (primary N) is 1. The van der Waals surface area contributed by atoms with Gasteiger partial charge in [-0.1, -0.05) is 25.7 Å². The van der Waals surface area contributed by atoms with Crippen molar-refractivity contribution in [3.05, 3.63) is 0 Å². The molecule has 1 saturated heterocycles. The standard InChI is InChI=1S/C14H27NO2/c1-11-6-7-12(17-11)13(16)14(10-15)8-4-2-3-5-9-14/h11-13,16H,2-10,15H2,1H3. The molecule has 0 bridgehead atoms. The van der Waals surface area contributed by atoms with E-state index in [1.165, 1.54) is 25.7 Å². The smallest absolute Gasteiger partial charge is 0.0870 e. The number of hydrogen-bond acceptors (Lipinski definition) is 3. The summed E-state index contributed by atoms with van der Waals surface area (Å²) in [6.07, 6.45) is 9.14. The highest BCUT2D eigenvalue weighted by Crippen LogP contribution is 2.41. The molecule has 1 aliphatic heterocycles. The number of hydrogen-bond donors (Lipinski definition) is 2. The Morgan fingerprint density at radius 2 is 1.88 bits per heavy atom. The molecule has 1 aliphatic carbocycles. The highest BCUT2D eigenvalue weighted by molar-refractivity contribution is 4.94. The highest BCUT2D eigenvalue weighted by Gasteiger charge is 2.43. The number of aliphatic hydroxyl groups is 1. The Labute approximate surface area is 105 Å². The van der Waals surface area contributed by atoms with Gasteiger partial charge in [0.15, 0.2) is 0 Å². The van der Waals surface area contributed by atoms with Crippen LogP contribution in [0.15, 0.2) is 0 Å². The highest BCUT2D eigenvalue weighted by atomic mass is 16.5. The van der Waals surface area contributed by atoms with E-state index in [4.69, 9.17) is 10.5 Å². The Balaban J connectivity index is 2.04. The van der Waals surface area contributed by atoms with Crippen molar-refractivity contribution < 1.29 is 9.84 Å². The number of rotatable bonds is 3. The first-order chi connectivity index (χ1) is 8.18. The Hall–Kier alpha value is -0.120. The average molecular weight is 241 g/mol. The van der Waals surface area contributed by atoms with E-state index in [0.717, 1.165) is 25.7 Å². The lowest BCUT2D eigenvalue weighted by atomic mass is 9.73. The van der Waals surface area contributed by atoms with Crippen molar-refractivity contribution in [1.82, 2.24) is 0 Å². The quantitative estimate of drug-likeness (QED) is 0.745. The molecular weight excluding hydrogens is 214 g/mol. The first-order valence-corrected chi connectivity index (χ1v) is 7.21. The van der Waals surface area contributed by atoms with E-state index in [1.54, 1.807) is 0 Å². The van der Waals surface area contributed by atoms with Crippen LogP contribution >= 0.6 is 0 Å². The number of aliphatic hydroxyl groups excluding tert-OH is 1. The van der Waals surface area contributed by atoms with Crippen molar-refractivity contribution >= 4 is 0 Å². The fourth-order valence-electron chi connectivity index (χ4n) is 3.51. The Morgan fingerprint density at radius 1 is 1.24 bits per heavy atom. The maximum absolute atomic E-state index is 10.7. The fourth-order valence-corrected chi connectivity index (χ4v) is 3.51. The van der Waals surface area contributed by atoms with Crippen LogP contribution in [0.4, 0.5) is 0 Å². The second-order valence-electron chi connectivity index (χ2n) is 5.99. The average Bonchev–Trinajstić information content (AvgIpc) is 2.64. The minimum absolute atomic E-state index is 0.0200. The van der Waals surface area contributed by atoms with Crippen molar-refractivity contribution in [3.63, 3.8) is 0 Å². The van der Waals surface area contributed by atoms with E-state index in [2.05, 4.69) is 6.92 Å². The van der Waals surface area contributed by atoms with Gasteiger partial charge in [0.05, 0.1) is 18.3 Å². The topological polar surface area (TPSA) is 55.5 Å². The summed E-state index contributed by atoms with van der Waals surface area (Å²) in [5.41, 5.74) is 5.92. The van der Waals surface area contributed by atoms with E-state index in [0.29, 0.717) is 12.6 Å². The molecule has 2 fully saturated rings. The normalized spacial score (nSPS) is 35.5. The van der Waals surface area contributed by atoms with Crippen LogP contribution in [-0.2, 0) is 4.74 Å². The van der Waals surface area contributed by atoms with Crippen molar-refractivity contribution in [2.45, 2.75) is 76.6 Å². The summed E-state index contributed by atoms with van der Waals surface area (Å²) in [4.78, 5) is 0. The first-order valence-electron chi connectivity index (χ1n) is 7.21. The zero-order valence-electron chi connectivity index (χ0n) is 11.0. The van der Waals surface area contributed by atoms with Crippen molar-refractivity contribution in [2.24, 2.45) is 11.1 Å². The van der Waals surface area contributed by atoms with Gasteiger partial charge in [-0.2, -0.15) is 0 Å². The monoisotopic (exact) mass is 241 g/mol. The lowest BCUT2D eigenvalue weighted by Gasteiger charge is -2.39. The summed E-state index contributed by atoms with van der Waals surface area (Å²) < 4.78 is 5.84. The van der Waals surface area contributed by atoms with E-state index >= 15 is 0 Å². The van der Waals surface area contributed by atoms with Gasteiger partial charge >= 0.3 is 0 Å². The van der Waals surface area contributed by atoms with Gasteiger partial charge in [0.2, 0.25) is 0 Å². The largest absolute Gasteiger partial charge is 0.390 e. The molecule has 100 valence electrons. The van der Waals surface area contributed by atoms with Crippen molar-refractivity contribution in [3.8, 4) is 0 Å². The molecule has 0 radical (unpaired) electrons. The minimum Gasteiger partial charge on any atom is -0.390 e. The Bertz CT molecular complexity index is 236. The third kappa shape index (κ3) is 2.83. The maximum Gasteiger partial charge on any atom is 0.0870 e. The molecule has 2 rings (SSSR count). The van der Waals surface area contributed by atoms with Crippen LogP contribution < -0.4 is 5.73 Å². The van der Waals surface area contributed by atoms with E-state index in [1.807, 2.05) is 0 Å². The fraction of sp³-hybridized carbons (Fsp3) is 1.00. The van der Waals surface area contributed by atoms with Crippen LogP contribution in [0.2, 0.25) is 0 Å². The lowest BCUT2D eigenvalue weighted by molar-refractivity contribution is -0.0917. The molecule has 3 N–H and O–H groups in total. The van der Waals surface area contributed by atoms with E-state index in [-0.39, 0.29) is 17.6 Å². The molecule has 0 aromatic rings. The van der Waals surface area contributed by atoms with E-state index < -0.39 is 0 Å². The summed E-state index contributed by atoms with van der Waals surface area (Å²) in [5, 5.41) is 10.7. The summed E-state index contributed by atoms with van der Waals surface area (Å²) in [7, 11) is 0. The second-order valence-corrected chi connectivity index (χ2v) is 5.99. The molecule has 3 unspecified atom stereocenters. The summed E-state index contributed by atoms with van der Waals surface area (Å²) in [6, 6.07) is 0. The van der Waals surface area contributed by atoms with Gasteiger partial charge < -0.3 is 15.6 Å². The molecule has 0 spiro atoms. The van der Waals surface area contributed by atoms with Crippen LogP contribution in [0.25, 0.3) is 0 Å². The lowest BCUT2D eigenvalue weighted by Crippen LogP contribution is -2.47. The molecule has 0 amide bonds. The zero-order chi connectivity index (χ0) is 12.3. The predicted molar refractivity (Wildman–Crippen MR) is 68.8 cm³/mol. The summed E-state index contributed by atoms with van der Waals surface area (Å²) >= 11 is 0. The van der Waals surface area contributed by atoms with Crippen LogP contribution in [-0.4, -0.2) is 30.0 Å². The molecule has 2 aliphatic rings. The predicted octanol–water partition coefficient (Wildman–Crippen LogP) is 2.21. The van der Waals surface area contributed by atoms with Crippen LogP contribution in [0.1, 0.15) is 58.3 Å². The summed E-state index contributed by atoms with van der Waals surface area (Å²) in [6.45, 7) is 2.69. The Kier molecular flexibility index (Phi) is 4.45. The van der Waals surface area contributed by atoms with Crippen LogP contribution in [0, 0.1) is 5.41 Å². The van der Waals surface area contributed by atoms with Crippen LogP contribution in [0.5, 0.6) is 0 Å². The third-order valence-electron chi connectivity index (χ3n) is 4.75. The minimum atomic E-state index is -0.365. The molecule has 3 nitrogen and oxygen atoms in total. The SMILES string of the molecule is CC1CCC(C(O)C2(CN)CCCCCC2)O1. The maximum atomic E-state index is 10.7.